The first-order chi connectivity index (χ1) is 9.61. The lowest BCUT2D eigenvalue weighted by Crippen LogP contribution is -2.20. The van der Waals surface area contributed by atoms with Crippen LogP contribution < -0.4 is 4.90 Å². The molecule has 0 radical (unpaired) electrons. The number of halogens is 1. The van der Waals surface area contributed by atoms with E-state index in [1.807, 2.05) is 6.07 Å². The largest absolute Gasteiger partial charge is 0.478 e. The standard InChI is InChI=1S/C16H18FNO2/c17-14-6-11(4-5-16(19)20)7-15(8-14)18-9-12-2-1-3-13(12)10-18/h4-8,12-13H,1-3,9-10H2,(H,19,20)/b5-4+. The van der Waals surface area contributed by atoms with Crippen LogP contribution in [0.3, 0.4) is 0 Å². The van der Waals surface area contributed by atoms with Crippen molar-refractivity contribution < 1.29 is 14.3 Å². The fourth-order valence-electron chi connectivity index (χ4n) is 3.49. The molecule has 3 nitrogen and oxygen atoms in total. The van der Waals surface area contributed by atoms with E-state index in [2.05, 4.69) is 4.90 Å². The van der Waals surface area contributed by atoms with E-state index in [0.717, 1.165) is 36.7 Å². The lowest BCUT2D eigenvalue weighted by Gasteiger charge is -2.20. The van der Waals surface area contributed by atoms with Gasteiger partial charge >= 0.3 is 5.97 Å². The second-order valence-electron chi connectivity index (χ2n) is 5.77. The third-order valence-electron chi connectivity index (χ3n) is 4.41. The summed E-state index contributed by atoms with van der Waals surface area (Å²) in [7, 11) is 0. The fraction of sp³-hybridized carbons (Fsp3) is 0.438. The predicted octanol–water partition coefficient (Wildman–Crippen LogP) is 3.16. The van der Waals surface area contributed by atoms with E-state index in [9.17, 15) is 9.18 Å². The van der Waals surface area contributed by atoms with Gasteiger partial charge in [0.15, 0.2) is 0 Å². The van der Waals surface area contributed by atoms with Gasteiger partial charge in [0.1, 0.15) is 5.82 Å². The van der Waals surface area contributed by atoms with Crippen LogP contribution in [0.15, 0.2) is 24.3 Å². The van der Waals surface area contributed by atoms with Gasteiger partial charge in [0.2, 0.25) is 0 Å². The van der Waals surface area contributed by atoms with Gasteiger partial charge in [0.05, 0.1) is 0 Å². The van der Waals surface area contributed by atoms with Crippen LogP contribution in [0.2, 0.25) is 0 Å². The van der Waals surface area contributed by atoms with Gasteiger partial charge in [-0.05, 0) is 54.5 Å². The van der Waals surface area contributed by atoms with Crippen molar-refractivity contribution in [1.82, 2.24) is 0 Å². The monoisotopic (exact) mass is 275 g/mol. The Hall–Kier alpha value is -1.84. The lowest BCUT2D eigenvalue weighted by molar-refractivity contribution is -0.131. The van der Waals surface area contributed by atoms with Crippen LogP contribution in [0.25, 0.3) is 6.08 Å². The molecule has 3 rings (SSSR count). The molecule has 2 atom stereocenters. The number of anilines is 1. The Kier molecular flexibility index (Phi) is 3.47. The number of aliphatic carboxylic acids is 1. The molecule has 0 bridgehead atoms. The molecule has 2 fully saturated rings. The summed E-state index contributed by atoms with van der Waals surface area (Å²) in [5, 5.41) is 8.64. The fourth-order valence-corrected chi connectivity index (χ4v) is 3.49. The van der Waals surface area contributed by atoms with Gasteiger partial charge in [-0.25, -0.2) is 9.18 Å². The molecule has 0 spiro atoms. The number of carboxylic acids is 1. The van der Waals surface area contributed by atoms with Crippen LogP contribution in [0.4, 0.5) is 10.1 Å². The van der Waals surface area contributed by atoms with Crippen LogP contribution >= 0.6 is 0 Å². The average Bonchev–Trinajstić information content (AvgIpc) is 2.96. The van der Waals surface area contributed by atoms with Crippen molar-refractivity contribution >= 4 is 17.7 Å². The molecule has 106 valence electrons. The van der Waals surface area contributed by atoms with Crippen LogP contribution in [0.1, 0.15) is 24.8 Å². The highest BCUT2D eigenvalue weighted by Crippen LogP contribution is 2.39. The summed E-state index contributed by atoms with van der Waals surface area (Å²) < 4.78 is 13.7. The van der Waals surface area contributed by atoms with E-state index >= 15 is 0 Å². The highest BCUT2D eigenvalue weighted by Gasteiger charge is 2.36. The van der Waals surface area contributed by atoms with Crippen molar-refractivity contribution in [3.63, 3.8) is 0 Å². The molecule has 1 saturated carbocycles. The zero-order valence-electron chi connectivity index (χ0n) is 11.3. The second-order valence-corrected chi connectivity index (χ2v) is 5.77. The third-order valence-corrected chi connectivity index (χ3v) is 4.41. The lowest BCUT2D eigenvalue weighted by atomic mass is 10.0. The Bertz CT molecular complexity index is 543. The van der Waals surface area contributed by atoms with Gasteiger partial charge in [-0.1, -0.05) is 6.42 Å². The molecule has 1 aliphatic carbocycles. The number of nitrogens with zero attached hydrogens (tertiary/aromatic N) is 1. The van der Waals surface area contributed by atoms with Crippen LogP contribution in [0.5, 0.6) is 0 Å². The zero-order valence-corrected chi connectivity index (χ0v) is 11.3. The molecule has 2 unspecified atom stereocenters. The van der Waals surface area contributed by atoms with E-state index in [4.69, 9.17) is 5.11 Å². The van der Waals surface area contributed by atoms with E-state index in [0.29, 0.717) is 5.56 Å². The molecule has 1 aromatic rings. The maximum atomic E-state index is 13.7. The molecular formula is C16H18FNO2. The van der Waals surface area contributed by atoms with E-state index in [-0.39, 0.29) is 5.82 Å². The topological polar surface area (TPSA) is 40.5 Å². The summed E-state index contributed by atoms with van der Waals surface area (Å²) in [5.74, 6) is 0.156. The van der Waals surface area contributed by atoms with Gasteiger partial charge < -0.3 is 10.0 Å². The van der Waals surface area contributed by atoms with Crippen LogP contribution in [0, 0.1) is 17.7 Å². The van der Waals surface area contributed by atoms with Crippen molar-refractivity contribution in [3.05, 3.63) is 35.7 Å². The number of hydrogen-bond donors (Lipinski definition) is 1. The number of hydrogen-bond acceptors (Lipinski definition) is 2. The minimum absolute atomic E-state index is 0.315. The van der Waals surface area contributed by atoms with Crippen molar-refractivity contribution in [3.8, 4) is 0 Å². The normalized spacial score (nSPS) is 25.4. The number of fused-ring (bicyclic) bond motifs is 1. The predicted molar refractivity (Wildman–Crippen MR) is 76.1 cm³/mol. The summed E-state index contributed by atoms with van der Waals surface area (Å²) >= 11 is 0. The average molecular weight is 275 g/mol. The van der Waals surface area contributed by atoms with Crippen LogP contribution in [-0.4, -0.2) is 24.2 Å². The van der Waals surface area contributed by atoms with Gasteiger partial charge in [-0.15, -0.1) is 0 Å². The number of carbonyl (C=O) groups is 1. The molecule has 1 aliphatic heterocycles. The number of carboxylic acid groups (broad SMARTS) is 1. The smallest absolute Gasteiger partial charge is 0.328 e. The zero-order chi connectivity index (χ0) is 14.1. The quantitative estimate of drug-likeness (QED) is 0.861. The van der Waals surface area contributed by atoms with Gasteiger partial charge in [0.25, 0.3) is 0 Å². The van der Waals surface area contributed by atoms with Crippen molar-refractivity contribution in [1.29, 1.82) is 0 Å². The maximum absolute atomic E-state index is 13.7. The minimum Gasteiger partial charge on any atom is -0.478 e. The first kappa shape index (κ1) is 13.2. The molecule has 1 N–H and O–H groups in total. The SMILES string of the molecule is O=C(O)/C=C/c1cc(F)cc(N2CC3CCCC3C2)c1. The van der Waals surface area contributed by atoms with E-state index < -0.39 is 5.97 Å². The summed E-state index contributed by atoms with van der Waals surface area (Å²) in [6.07, 6.45) is 6.35. The highest BCUT2D eigenvalue weighted by molar-refractivity contribution is 5.85. The maximum Gasteiger partial charge on any atom is 0.328 e. The molecule has 4 heteroatoms. The van der Waals surface area contributed by atoms with E-state index in [1.165, 1.54) is 31.4 Å². The molecule has 0 aromatic heterocycles. The second kappa shape index (κ2) is 5.27. The molecule has 1 saturated heterocycles. The number of benzene rings is 1. The molecule has 1 heterocycles. The summed E-state index contributed by atoms with van der Waals surface area (Å²) in [4.78, 5) is 12.8. The van der Waals surface area contributed by atoms with Crippen molar-refractivity contribution in [2.24, 2.45) is 11.8 Å². The molecule has 20 heavy (non-hydrogen) atoms. The molecular weight excluding hydrogens is 257 g/mol. The van der Waals surface area contributed by atoms with Crippen molar-refractivity contribution in [2.75, 3.05) is 18.0 Å². The van der Waals surface area contributed by atoms with Crippen LogP contribution in [-0.2, 0) is 4.79 Å². The highest BCUT2D eigenvalue weighted by atomic mass is 19.1. The van der Waals surface area contributed by atoms with Gasteiger partial charge in [-0.3, -0.25) is 0 Å². The van der Waals surface area contributed by atoms with Crippen molar-refractivity contribution in [2.45, 2.75) is 19.3 Å². The Morgan fingerprint density at radius 3 is 2.60 bits per heavy atom. The number of rotatable bonds is 3. The molecule has 1 aromatic carbocycles. The summed E-state index contributed by atoms with van der Waals surface area (Å²) in [5.41, 5.74) is 1.46. The third kappa shape index (κ3) is 2.69. The Balaban J connectivity index is 1.81. The molecule has 0 amide bonds. The first-order valence-electron chi connectivity index (χ1n) is 7.08. The van der Waals surface area contributed by atoms with Gasteiger partial charge in [-0.2, -0.15) is 0 Å². The first-order valence-corrected chi connectivity index (χ1v) is 7.08. The minimum atomic E-state index is -1.02. The Morgan fingerprint density at radius 1 is 1.25 bits per heavy atom. The summed E-state index contributed by atoms with van der Waals surface area (Å²) in [6, 6.07) is 4.77. The Labute approximate surface area is 117 Å². The Morgan fingerprint density at radius 2 is 1.95 bits per heavy atom. The van der Waals surface area contributed by atoms with E-state index in [1.54, 1.807) is 6.07 Å². The molecule has 2 aliphatic rings. The summed E-state index contributed by atoms with van der Waals surface area (Å²) in [6.45, 7) is 1.99. The van der Waals surface area contributed by atoms with Gasteiger partial charge in [0, 0.05) is 24.9 Å².